The Balaban J connectivity index is 1.45. The summed E-state index contributed by atoms with van der Waals surface area (Å²) in [5, 5.41) is 21.5. The second kappa shape index (κ2) is 10.4. The van der Waals surface area contributed by atoms with E-state index < -0.39 is 5.44 Å². The van der Waals surface area contributed by atoms with E-state index in [1.165, 1.54) is 0 Å². The van der Waals surface area contributed by atoms with Gasteiger partial charge < -0.3 is 20.8 Å². The van der Waals surface area contributed by atoms with E-state index in [0.717, 1.165) is 47.3 Å². The van der Waals surface area contributed by atoms with E-state index in [0.29, 0.717) is 40.4 Å². The molecule has 1 saturated heterocycles. The second-order valence-corrected chi connectivity index (χ2v) is 12.5. The van der Waals surface area contributed by atoms with Crippen molar-refractivity contribution in [2.75, 3.05) is 23.8 Å². The number of hydrazine groups is 2. The molecule has 11 heteroatoms. The van der Waals surface area contributed by atoms with Crippen LogP contribution < -0.4 is 21.6 Å². The van der Waals surface area contributed by atoms with E-state index in [9.17, 15) is 5.26 Å². The molecule has 3 heterocycles. The Morgan fingerprint density at radius 1 is 1.20 bits per heavy atom. The van der Waals surface area contributed by atoms with Crippen LogP contribution in [0.2, 0.25) is 10.0 Å². The van der Waals surface area contributed by atoms with Gasteiger partial charge in [0.15, 0.2) is 0 Å². The summed E-state index contributed by atoms with van der Waals surface area (Å²) in [5.41, 5.74) is 10.3. The summed E-state index contributed by atoms with van der Waals surface area (Å²) in [4.78, 5) is 4.56. The van der Waals surface area contributed by atoms with E-state index in [2.05, 4.69) is 65.5 Å². The Morgan fingerprint density at radius 3 is 2.73 bits per heavy atom. The van der Waals surface area contributed by atoms with Gasteiger partial charge in [-0.2, -0.15) is 5.26 Å². The van der Waals surface area contributed by atoms with Crippen molar-refractivity contribution < 1.29 is 4.74 Å². The number of hydrogen-bond donors (Lipinski definition) is 4. The molecule has 2 atom stereocenters. The number of nitrogens with one attached hydrogen (secondary N) is 4. The predicted octanol–water partition coefficient (Wildman–Crippen LogP) is 4.87. The molecule has 0 radical (unpaired) electrons. The summed E-state index contributed by atoms with van der Waals surface area (Å²) in [6, 6.07) is 14.6. The van der Waals surface area contributed by atoms with Crippen molar-refractivity contribution in [3.05, 3.63) is 75.7 Å². The maximum absolute atomic E-state index is 10.0. The lowest BCUT2D eigenvalue weighted by atomic mass is 9.69. The van der Waals surface area contributed by atoms with Crippen molar-refractivity contribution in [3.8, 4) is 6.07 Å². The first kappa shape index (κ1) is 27.0. The van der Waals surface area contributed by atoms with Crippen LogP contribution in [-0.4, -0.2) is 43.1 Å². The van der Waals surface area contributed by atoms with Gasteiger partial charge in [0.05, 0.1) is 39.5 Å². The molecule has 40 heavy (non-hydrogen) atoms. The summed E-state index contributed by atoms with van der Waals surface area (Å²) in [7, 11) is 2.09. The number of aromatic nitrogens is 1. The van der Waals surface area contributed by atoms with Crippen LogP contribution in [0.25, 0.3) is 10.9 Å². The Kier molecular flexibility index (Phi) is 7.00. The van der Waals surface area contributed by atoms with E-state index in [-0.39, 0.29) is 11.5 Å². The van der Waals surface area contributed by atoms with Crippen LogP contribution >= 0.6 is 23.2 Å². The molecular weight excluding hydrogens is 544 g/mol. The molecule has 0 amide bonds. The van der Waals surface area contributed by atoms with Crippen LogP contribution in [0.5, 0.6) is 0 Å². The van der Waals surface area contributed by atoms with Crippen LogP contribution in [-0.2, 0) is 10.2 Å². The quantitative estimate of drug-likeness (QED) is 0.296. The fourth-order valence-electron chi connectivity index (χ4n) is 5.61. The van der Waals surface area contributed by atoms with Crippen LogP contribution in [0.1, 0.15) is 44.2 Å². The Labute approximate surface area is 245 Å². The smallest absolute Gasteiger partial charge is 0.148 e. The standard InChI is InChI=1S/C29H32BCl2N7O/c1-28(2)16-40-10-9-24(28)35-26-17(13-33)14-34-27-20(26)11-18(12-23(27)32)36-29(30,21-5-3-4-6-22(21)31)25-15-39(38-37-25)19-7-8-19/h3-6,11-12,14-15,19,24,36-38H,7-10,16,30H2,1-2H3,(H,34,35). The number of nitrogens with zero attached hydrogens (tertiary/aromatic N) is 3. The van der Waals surface area contributed by atoms with E-state index in [1.54, 1.807) is 6.20 Å². The number of hydrogen-bond acceptors (Lipinski definition) is 8. The van der Waals surface area contributed by atoms with Gasteiger partial charge in [-0.1, -0.05) is 55.2 Å². The number of pyridine rings is 1. The van der Waals surface area contributed by atoms with E-state index in [4.69, 9.17) is 27.9 Å². The van der Waals surface area contributed by atoms with Gasteiger partial charge >= 0.3 is 0 Å². The SMILES string of the molecule is BC(Nc1cc(Cl)c2ncc(C#N)c(NC3CCOCC3(C)C)c2c1)(C1=CN(C2CC2)NN1)c1ccccc1Cl. The molecule has 0 bridgehead atoms. The lowest BCUT2D eigenvalue weighted by Crippen LogP contribution is -2.45. The number of fused-ring (bicyclic) bond motifs is 1. The van der Waals surface area contributed by atoms with Gasteiger partial charge in [0, 0.05) is 52.6 Å². The van der Waals surface area contributed by atoms with Gasteiger partial charge in [-0.25, -0.2) is 0 Å². The van der Waals surface area contributed by atoms with Crippen molar-refractivity contribution in [1.82, 2.24) is 21.0 Å². The number of anilines is 2. The molecule has 1 saturated carbocycles. The fourth-order valence-corrected chi connectivity index (χ4v) is 6.20. The summed E-state index contributed by atoms with van der Waals surface area (Å²) >= 11 is 13.6. The first-order chi connectivity index (χ1) is 19.2. The largest absolute Gasteiger partial charge is 0.381 e. The van der Waals surface area contributed by atoms with Gasteiger partial charge in [-0.3, -0.25) is 9.99 Å². The predicted molar refractivity (Wildman–Crippen MR) is 163 cm³/mol. The third-order valence-electron chi connectivity index (χ3n) is 8.21. The van der Waals surface area contributed by atoms with E-state index in [1.807, 2.05) is 36.4 Å². The van der Waals surface area contributed by atoms with Gasteiger partial charge in [0.25, 0.3) is 0 Å². The molecule has 2 aliphatic heterocycles. The second-order valence-electron chi connectivity index (χ2n) is 11.7. The molecule has 0 spiro atoms. The molecule has 2 unspecified atom stereocenters. The van der Waals surface area contributed by atoms with Crippen molar-refractivity contribution in [2.24, 2.45) is 5.41 Å². The van der Waals surface area contributed by atoms with Gasteiger partial charge in [0.1, 0.15) is 13.9 Å². The molecular formula is C29H32BCl2N7O. The van der Waals surface area contributed by atoms with Crippen molar-refractivity contribution in [3.63, 3.8) is 0 Å². The highest BCUT2D eigenvalue weighted by Gasteiger charge is 2.39. The average Bonchev–Trinajstić information content (AvgIpc) is 3.65. The Morgan fingerprint density at radius 2 is 2.00 bits per heavy atom. The van der Waals surface area contributed by atoms with Crippen LogP contribution in [0.4, 0.5) is 11.4 Å². The van der Waals surface area contributed by atoms with Crippen molar-refractivity contribution >= 4 is 53.3 Å². The third-order valence-corrected chi connectivity index (χ3v) is 8.82. The van der Waals surface area contributed by atoms with Gasteiger partial charge in [0.2, 0.25) is 0 Å². The summed E-state index contributed by atoms with van der Waals surface area (Å²) in [5.74, 6) is 0. The minimum Gasteiger partial charge on any atom is -0.381 e. The minimum absolute atomic E-state index is 0.107. The van der Waals surface area contributed by atoms with Crippen molar-refractivity contribution in [2.45, 2.75) is 50.6 Å². The first-order valence-electron chi connectivity index (χ1n) is 13.6. The third kappa shape index (κ3) is 4.94. The first-order valence-corrected chi connectivity index (χ1v) is 14.4. The van der Waals surface area contributed by atoms with Gasteiger partial charge in [-0.15, -0.1) is 5.53 Å². The molecule has 1 aromatic heterocycles. The summed E-state index contributed by atoms with van der Waals surface area (Å²) < 4.78 is 5.74. The van der Waals surface area contributed by atoms with Crippen LogP contribution in [0, 0.1) is 16.7 Å². The summed E-state index contributed by atoms with van der Waals surface area (Å²) in [6.45, 7) is 5.67. The zero-order valence-corrected chi connectivity index (χ0v) is 24.3. The highest BCUT2D eigenvalue weighted by Crippen LogP contribution is 2.41. The summed E-state index contributed by atoms with van der Waals surface area (Å²) in [6.07, 6.45) is 6.84. The number of ether oxygens (including phenoxy) is 1. The molecule has 8 nitrogen and oxygen atoms in total. The molecule has 4 N–H and O–H groups in total. The number of benzene rings is 2. The maximum Gasteiger partial charge on any atom is 0.148 e. The molecule has 2 fully saturated rings. The molecule has 2 aromatic carbocycles. The fraction of sp³-hybridized carbons (Fsp3) is 0.379. The molecule has 6 rings (SSSR count). The highest BCUT2D eigenvalue weighted by molar-refractivity contribution is 6.36. The highest BCUT2D eigenvalue weighted by atomic mass is 35.5. The topological polar surface area (TPSA) is 97.3 Å². The Bertz CT molecular complexity index is 1540. The van der Waals surface area contributed by atoms with E-state index >= 15 is 0 Å². The minimum atomic E-state index is -0.734. The zero-order chi connectivity index (χ0) is 28.1. The van der Waals surface area contributed by atoms with Crippen molar-refractivity contribution in [1.29, 1.82) is 5.26 Å². The maximum atomic E-state index is 10.0. The number of rotatable bonds is 7. The average molecular weight is 576 g/mol. The lowest BCUT2D eigenvalue weighted by Gasteiger charge is -2.39. The molecule has 3 aliphatic rings. The molecule has 1 aliphatic carbocycles. The van der Waals surface area contributed by atoms with Gasteiger partial charge in [-0.05, 0) is 43.0 Å². The van der Waals surface area contributed by atoms with Crippen LogP contribution in [0.15, 0.2) is 54.5 Å². The normalized spacial score (nSPS) is 21.7. The zero-order valence-electron chi connectivity index (χ0n) is 22.8. The number of nitriles is 1. The molecule has 206 valence electrons. The number of halogens is 2. The molecule has 3 aromatic rings. The monoisotopic (exact) mass is 575 g/mol. The Hall–Kier alpha value is -3.16. The lowest BCUT2D eigenvalue weighted by molar-refractivity contribution is 0.00350. The van der Waals surface area contributed by atoms with Crippen LogP contribution in [0.3, 0.4) is 0 Å².